The Labute approximate surface area is 217 Å². The Bertz CT molecular complexity index is 1420. The molecule has 5 rings (SSSR count). The predicted octanol–water partition coefficient (Wildman–Crippen LogP) is 4.88. The first kappa shape index (κ1) is 24.4. The van der Waals surface area contributed by atoms with E-state index in [2.05, 4.69) is 105 Å². The summed E-state index contributed by atoms with van der Waals surface area (Å²) in [4.78, 5) is 9.01. The number of nitrogens with one attached hydrogen (secondary N) is 4. The molecule has 186 valence electrons. The molecule has 1 unspecified atom stereocenters. The van der Waals surface area contributed by atoms with E-state index in [0.717, 1.165) is 69.6 Å². The molecule has 6 nitrogen and oxygen atoms in total. The molecule has 1 aromatic heterocycles. The fourth-order valence-corrected chi connectivity index (χ4v) is 6.57. The standard InChI is InChI=1S/C28H31N5OS2/c1-20-17-28(30-19-20)33-35(2)24-10-8-21(9-11-24)29-14-4-5-23-18-25-26(6-3-7-27(25)32-23)31-22-12-15-36(34)16-13-22/h3,6-11,17-18,22,29,31-32H,2,12-16,19H2,1H3,(H,30,33). The van der Waals surface area contributed by atoms with Crippen molar-refractivity contribution in [1.29, 1.82) is 0 Å². The minimum absolute atomic E-state index is 0.347. The van der Waals surface area contributed by atoms with Gasteiger partial charge in [0.25, 0.3) is 0 Å². The van der Waals surface area contributed by atoms with E-state index in [1.165, 1.54) is 5.57 Å². The number of nitrogens with zero attached hydrogens (tertiary/aromatic N) is 1. The van der Waals surface area contributed by atoms with E-state index in [-0.39, 0.29) is 10.7 Å². The number of hydrogen-bond acceptors (Lipinski definition) is 5. The fraction of sp³-hybridized carbons (Fsp3) is 0.286. The maximum atomic E-state index is 11.6. The zero-order valence-corrected chi connectivity index (χ0v) is 22.0. The topological polar surface area (TPSA) is 81.3 Å². The van der Waals surface area contributed by atoms with Gasteiger partial charge in [-0.3, -0.25) is 9.20 Å². The van der Waals surface area contributed by atoms with Crippen LogP contribution in [0.25, 0.3) is 10.9 Å². The van der Waals surface area contributed by atoms with Gasteiger partial charge in [-0.2, -0.15) is 0 Å². The first-order chi connectivity index (χ1) is 17.5. The van der Waals surface area contributed by atoms with E-state index in [9.17, 15) is 4.21 Å². The zero-order chi connectivity index (χ0) is 24.9. The van der Waals surface area contributed by atoms with Crippen molar-refractivity contribution in [3.63, 3.8) is 0 Å². The largest absolute Gasteiger partial charge is 0.382 e. The first-order valence-corrected chi connectivity index (χ1v) is 15.0. The molecule has 8 heteroatoms. The van der Waals surface area contributed by atoms with Gasteiger partial charge in [0, 0.05) is 55.5 Å². The van der Waals surface area contributed by atoms with Gasteiger partial charge < -0.3 is 20.3 Å². The summed E-state index contributed by atoms with van der Waals surface area (Å²) in [5.41, 5.74) is 5.36. The number of benzene rings is 2. The number of hydrogen-bond donors (Lipinski definition) is 4. The molecule has 1 atom stereocenters. The van der Waals surface area contributed by atoms with Crippen molar-refractivity contribution in [3.05, 3.63) is 65.9 Å². The minimum Gasteiger partial charge on any atom is -0.382 e. The summed E-state index contributed by atoms with van der Waals surface area (Å²) >= 11 is 0. The molecule has 2 aliphatic rings. The molecule has 1 fully saturated rings. The quantitative estimate of drug-likeness (QED) is 0.278. The second kappa shape index (κ2) is 11.2. The van der Waals surface area contributed by atoms with Crippen LogP contribution in [0.2, 0.25) is 0 Å². The van der Waals surface area contributed by atoms with Crippen LogP contribution in [0.4, 0.5) is 11.4 Å². The minimum atomic E-state index is -0.648. The normalized spacial score (nSPS) is 20.1. The van der Waals surface area contributed by atoms with Crippen molar-refractivity contribution in [2.75, 3.05) is 35.2 Å². The van der Waals surface area contributed by atoms with Gasteiger partial charge in [0.15, 0.2) is 0 Å². The summed E-state index contributed by atoms with van der Waals surface area (Å²) in [5, 5.41) is 8.16. The van der Waals surface area contributed by atoms with E-state index in [0.29, 0.717) is 12.6 Å². The fourth-order valence-electron chi connectivity index (χ4n) is 4.31. The Morgan fingerprint density at radius 3 is 2.75 bits per heavy atom. The van der Waals surface area contributed by atoms with Crippen LogP contribution in [-0.4, -0.2) is 51.5 Å². The Hall–Kier alpha value is -3.28. The molecule has 0 radical (unpaired) electrons. The lowest BCUT2D eigenvalue weighted by Crippen LogP contribution is -2.29. The number of fused-ring (bicyclic) bond motifs is 1. The maximum absolute atomic E-state index is 11.6. The molecular formula is C28H31N5OS2. The molecule has 3 aromatic rings. The molecule has 3 heterocycles. The lowest BCUT2D eigenvalue weighted by molar-refractivity contribution is 0.624. The maximum Gasteiger partial charge on any atom is 0.131 e. The van der Waals surface area contributed by atoms with Crippen LogP contribution in [0.5, 0.6) is 0 Å². The highest BCUT2D eigenvalue weighted by Gasteiger charge is 2.18. The average Bonchev–Trinajstić information content (AvgIpc) is 3.49. The molecule has 0 aliphatic carbocycles. The molecule has 0 bridgehead atoms. The third-order valence-corrected chi connectivity index (χ3v) is 8.94. The summed E-state index contributed by atoms with van der Waals surface area (Å²) in [6.07, 6.45) is 3.97. The Morgan fingerprint density at radius 1 is 1.19 bits per heavy atom. The molecule has 2 aliphatic heterocycles. The summed E-state index contributed by atoms with van der Waals surface area (Å²) in [5.74, 6) is 13.2. The van der Waals surface area contributed by atoms with Crippen LogP contribution in [0, 0.1) is 11.8 Å². The van der Waals surface area contributed by atoms with E-state index >= 15 is 0 Å². The molecule has 1 saturated heterocycles. The molecular weight excluding hydrogens is 486 g/mol. The molecule has 0 amide bonds. The van der Waals surface area contributed by atoms with Crippen molar-refractivity contribution in [2.45, 2.75) is 30.7 Å². The monoisotopic (exact) mass is 517 g/mol. The van der Waals surface area contributed by atoms with E-state index in [4.69, 9.17) is 0 Å². The second-order valence-electron chi connectivity index (χ2n) is 9.08. The molecule has 0 saturated carbocycles. The van der Waals surface area contributed by atoms with Crippen LogP contribution in [0.15, 0.2) is 70.1 Å². The molecule has 36 heavy (non-hydrogen) atoms. The molecule has 0 spiro atoms. The van der Waals surface area contributed by atoms with Crippen LogP contribution in [0.3, 0.4) is 0 Å². The van der Waals surface area contributed by atoms with Gasteiger partial charge in [-0.1, -0.05) is 28.5 Å². The average molecular weight is 518 g/mol. The van der Waals surface area contributed by atoms with Crippen LogP contribution in [-0.2, 0) is 10.8 Å². The number of aliphatic imine (C=N–C) groups is 1. The third kappa shape index (κ3) is 6.10. The highest BCUT2D eigenvalue weighted by atomic mass is 32.2. The van der Waals surface area contributed by atoms with Crippen molar-refractivity contribution < 1.29 is 4.21 Å². The molecule has 2 aromatic carbocycles. The molecule has 4 N–H and O–H groups in total. The van der Waals surface area contributed by atoms with Crippen molar-refractivity contribution in [2.24, 2.45) is 4.99 Å². The zero-order valence-electron chi connectivity index (χ0n) is 20.4. The van der Waals surface area contributed by atoms with Gasteiger partial charge in [-0.05, 0) is 79.8 Å². The lowest BCUT2D eigenvalue weighted by Gasteiger charge is -2.24. The van der Waals surface area contributed by atoms with Gasteiger partial charge in [-0.25, -0.2) is 0 Å². The van der Waals surface area contributed by atoms with Gasteiger partial charge in [0.05, 0.1) is 18.8 Å². The Kier molecular flexibility index (Phi) is 7.59. The van der Waals surface area contributed by atoms with Gasteiger partial charge in [-0.15, -0.1) is 0 Å². The lowest BCUT2D eigenvalue weighted by atomic mass is 10.1. The van der Waals surface area contributed by atoms with E-state index in [1.807, 2.05) is 0 Å². The van der Waals surface area contributed by atoms with Crippen molar-refractivity contribution in [1.82, 2.24) is 9.71 Å². The SMILES string of the molecule is C=S(NC1=NCC(C)=C1)c1ccc(NCC#Cc2cc3c(NC4CCS(=O)CC4)cccc3[nH]2)cc1. The number of H-pyrrole nitrogens is 1. The summed E-state index contributed by atoms with van der Waals surface area (Å²) in [6, 6.07) is 17.0. The highest BCUT2D eigenvalue weighted by molar-refractivity contribution is 8.12. The van der Waals surface area contributed by atoms with Gasteiger partial charge >= 0.3 is 0 Å². The Balaban J connectivity index is 1.16. The number of anilines is 2. The van der Waals surface area contributed by atoms with Crippen molar-refractivity contribution >= 4 is 55.5 Å². The van der Waals surface area contributed by atoms with Crippen LogP contribution in [0.1, 0.15) is 25.5 Å². The summed E-state index contributed by atoms with van der Waals surface area (Å²) in [6.45, 7) is 3.40. The van der Waals surface area contributed by atoms with Gasteiger partial charge in [0.1, 0.15) is 5.84 Å². The van der Waals surface area contributed by atoms with E-state index in [1.54, 1.807) is 0 Å². The van der Waals surface area contributed by atoms with E-state index < -0.39 is 10.8 Å². The number of aromatic nitrogens is 1. The Morgan fingerprint density at radius 2 is 2.00 bits per heavy atom. The highest BCUT2D eigenvalue weighted by Crippen LogP contribution is 2.27. The third-order valence-electron chi connectivity index (χ3n) is 6.26. The first-order valence-electron chi connectivity index (χ1n) is 12.1. The second-order valence-corrected chi connectivity index (χ2v) is 12.2. The number of amidine groups is 1. The smallest absolute Gasteiger partial charge is 0.131 e. The van der Waals surface area contributed by atoms with Crippen LogP contribution < -0.4 is 15.4 Å². The summed E-state index contributed by atoms with van der Waals surface area (Å²) < 4.78 is 15.0. The predicted molar refractivity (Wildman–Crippen MR) is 157 cm³/mol. The summed E-state index contributed by atoms with van der Waals surface area (Å²) in [7, 11) is -0.995. The number of aromatic amines is 1. The number of rotatable bonds is 6. The van der Waals surface area contributed by atoms with Gasteiger partial charge in [0.2, 0.25) is 0 Å². The van der Waals surface area contributed by atoms with Crippen molar-refractivity contribution in [3.8, 4) is 11.8 Å². The van der Waals surface area contributed by atoms with Crippen LogP contribution >= 0.6 is 10.7 Å².